The molecule has 84 valence electrons. The Morgan fingerprint density at radius 2 is 2.20 bits per heavy atom. The fourth-order valence-corrected chi connectivity index (χ4v) is 1.27. The van der Waals surface area contributed by atoms with E-state index in [1.54, 1.807) is 7.05 Å². The smallest absolute Gasteiger partial charge is 0.317 e. The summed E-state index contributed by atoms with van der Waals surface area (Å²) < 4.78 is 0. The fourth-order valence-electron chi connectivity index (χ4n) is 1.27. The summed E-state index contributed by atoms with van der Waals surface area (Å²) in [5.74, 6) is -0.609. The molecule has 1 N–H and O–H groups in total. The van der Waals surface area contributed by atoms with E-state index in [1.807, 2.05) is 6.92 Å². The zero-order valence-corrected chi connectivity index (χ0v) is 9.11. The van der Waals surface area contributed by atoms with Crippen molar-refractivity contribution in [2.45, 2.75) is 19.4 Å². The molecule has 1 aliphatic rings. The summed E-state index contributed by atoms with van der Waals surface area (Å²) in [4.78, 5) is 36.5. The molecule has 0 radical (unpaired) electrons. The molecule has 1 heterocycles. The molecule has 1 rings (SSSR count). The number of hydrogen-bond acceptors (Lipinski definition) is 3. The number of nitrogens with zero attached hydrogens (tertiary/aromatic N) is 2. The second-order valence-corrected chi connectivity index (χ2v) is 3.51. The van der Waals surface area contributed by atoms with Crippen molar-refractivity contribution in [1.82, 2.24) is 15.1 Å². The quantitative estimate of drug-likeness (QED) is 0.623. The largest absolute Gasteiger partial charge is 0.328 e. The van der Waals surface area contributed by atoms with Crippen molar-refractivity contribution in [2.75, 3.05) is 20.6 Å². The minimum absolute atomic E-state index is 0.0542. The average Bonchev–Trinajstić information content (AvgIpc) is 2.45. The van der Waals surface area contributed by atoms with Gasteiger partial charge in [0.1, 0.15) is 6.04 Å². The molecule has 0 aromatic rings. The summed E-state index contributed by atoms with van der Waals surface area (Å²) in [7, 11) is 3.04. The number of carbonyl (C=O) groups is 3. The van der Waals surface area contributed by atoms with Crippen LogP contribution in [0.25, 0.3) is 0 Å². The van der Waals surface area contributed by atoms with Crippen LogP contribution in [0.15, 0.2) is 0 Å². The first kappa shape index (κ1) is 11.5. The molecule has 0 aromatic carbocycles. The lowest BCUT2D eigenvalue weighted by atomic mass is 10.2. The first-order chi connectivity index (χ1) is 6.97. The molecule has 0 aromatic heterocycles. The number of hydrogen-bond donors (Lipinski definition) is 1. The topological polar surface area (TPSA) is 69.7 Å². The van der Waals surface area contributed by atoms with Crippen LogP contribution in [-0.4, -0.2) is 54.3 Å². The van der Waals surface area contributed by atoms with E-state index < -0.39 is 6.04 Å². The molecular formula is C9H15N3O3. The second kappa shape index (κ2) is 4.29. The first-order valence-corrected chi connectivity index (χ1v) is 4.79. The van der Waals surface area contributed by atoms with Crippen molar-refractivity contribution in [3.63, 3.8) is 0 Å². The third-order valence-electron chi connectivity index (χ3n) is 2.50. The van der Waals surface area contributed by atoms with Gasteiger partial charge in [-0.1, -0.05) is 0 Å². The Morgan fingerprint density at radius 3 is 2.60 bits per heavy atom. The number of carbonyl (C=O) groups excluding carboxylic acids is 3. The van der Waals surface area contributed by atoms with Crippen LogP contribution in [0.3, 0.4) is 0 Å². The molecule has 1 fully saturated rings. The Balaban J connectivity index is 2.57. The molecule has 1 aliphatic heterocycles. The summed E-state index contributed by atoms with van der Waals surface area (Å²) in [6.07, 6.45) is 0.0542. The van der Waals surface area contributed by atoms with Gasteiger partial charge in [-0.25, -0.2) is 4.79 Å². The number of nitrogens with one attached hydrogen (secondary N) is 1. The number of likely N-dealkylation sites (N-methyl/N-ethyl adjacent to an activating group) is 1. The number of urea groups is 1. The van der Waals surface area contributed by atoms with Gasteiger partial charge in [0.15, 0.2) is 0 Å². The van der Waals surface area contributed by atoms with E-state index in [9.17, 15) is 14.4 Å². The maximum absolute atomic E-state index is 11.4. The highest BCUT2D eigenvalue weighted by Crippen LogP contribution is 2.10. The first-order valence-electron chi connectivity index (χ1n) is 4.79. The minimum atomic E-state index is -0.705. The standard InChI is InChI=1S/C9H15N3O3/c1-4-11(2)9(15)10-6-5-7(13)12(3)8(6)14/h6H,4-5H2,1-3H3,(H,10,15). The zero-order valence-electron chi connectivity index (χ0n) is 9.11. The normalized spacial score (nSPS) is 20.7. The zero-order chi connectivity index (χ0) is 11.6. The molecule has 0 aliphatic carbocycles. The molecule has 0 spiro atoms. The van der Waals surface area contributed by atoms with Gasteiger partial charge in [-0.3, -0.25) is 14.5 Å². The lowest BCUT2D eigenvalue weighted by molar-refractivity contribution is -0.137. The summed E-state index contributed by atoms with van der Waals surface area (Å²) in [5, 5.41) is 2.52. The third kappa shape index (κ3) is 2.26. The summed E-state index contributed by atoms with van der Waals surface area (Å²) in [6.45, 7) is 2.38. The highest BCUT2D eigenvalue weighted by Gasteiger charge is 2.37. The van der Waals surface area contributed by atoms with E-state index in [2.05, 4.69) is 5.32 Å². The Morgan fingerprint density at radius 1 is 1.60 bits per heavy atom. The Kier molecular flexibility index (Phi) is 3.28. The van der Waals surface area contributed by atoms with Crippen LogP contribution in [0.5, 0.6) is 0 Å². The van der Waals surface area contributed by atoms with E-state index in [1.165, 1.54) is 11.9 Å². The van der Waals surface area contributed by atoms with Gasteiger partial charge in [-0.05, 0) is 6.92 Å². The fraction of sp³-hybridized carbons (Fsp3) is 0.667. The number of imide groups is 1. The molecule has 6 heteroatoms. The molecular weight excluding hydrogens is 198 g/mol. The van der Waals surface area contributed by atoms with E-state index >= 15 is 0 Å². The second-order valence-electron chi connectivity index (χ2n) is 3.51. The van der Waals surface area contributed by atoms with Gasteiger partial charge in [0.05, 0.1) is 6.42 Å². The predicted octanol–water partition coefficient (Wildman–Crippen LogP) is -0.595. The lowest BCUT2D eigenvalue weighted by Crippen LogP contribution is -2.46. The van der Waals surface area contributed by atoms with Gasteiger partial charge < -0.3 is 10.2 Å². The Hall–Kier alpha value is -1.59. The van der Waals surface area contributed by atoms with Gasteiger partial charge in [0, 0.05) is 20.6 Å². The van der Waals surface area contributed by atoms with Crippen LogP contribution in [-0.2, 0) is 9.59 Å². The summed E-state index contributed by atoms with van der Waals surface area (Å²) in [5.41, 5.74) is 0. The third-order valence-corrected chi connectivity index (χ3v) is 2.50. The molecule has 1 saturated heterocycles. The molecule has 6 nitrogen and oxygen atoms in total. The molecule has 0 bridgehead atoms. The molecule has 0 saturated carbocycles. The minimum Gasteiger partial charge on any atom is -0.328 e. The molecule has 1 atom stereocenters. The Bertz CT molecular complexity index is 303. The van der Waals surface area contributed by atoms with Gasteiger partial charge in [-0.2, -0.15) is 0 Å². The maximum atomic E-state index is 11.4. The molecule has 15 heavy (non-hydrogen) atoms. The average molecular weight is 213 g/mol. The monoisotopic (exact) mass is 213 g/mol. The predicted molar refractivity (Wildman–Crippen MR) is 53.0 cm³/mol. The lowest BCUT2D eigenvalue weighted by Gasteiger charge is -2.18. The van der Waals surface area contributed by atoms with Crippen LogP contribution in [0.1, 0.15) is 13.3 Å². The number of rotatable bonds is 2. The van der Waals surface area contributed by atoms with Crippen molar-refractivity contribution < 1.29 is 14.4 Å². The van der Waals surface area contributed by atoms with E-state index in [-0.39, 0.29) is 24.3 Å². The Labute approximate surface area is 88.2 Å². The van der Waals surface area contributed by atoms with Gasteiger partial charge in [-0.15, -0.1) is 0 Å². The van der Waals surface area contributed by atoms with Crippen molar-refractivity contribution in [3.05, 3.63) is 0 Å². The van der Waals surface area contributed by atoms with E-state index in [0.29, 0.717) is 6.54 Å². The highest BCUT2D eigenvalue weighted by atomic mass is 16.2. The van der Waals surface area contributed by atoms with Gasteiger partial charge >= 0.3 is 6.03 Å². The van der Waals surface area contributed by atoms with Crippen molar-refractivity contribution in [1.29, 1.82) is 0 Å². The van der Waals surface area contributed by atoms with Crippen LogP contribution in [0.4, 0.5) is 4.79 Å². The van der Waals surface area contributed by atoms with Crippen molar-refractivity contribution >= 4 is 17.8 Å². The van der Waals surface area contributed by atoms with Crippen LogP contribution >= 0.6 is 0 Å². The van der Waals surface area contributed by atoms with Crippen molar-refractivity contribution in [2.24, 2.45) is 0 Å². The summed E-state index contributed by atoms with van der Waals surface area (Å²) in [6, 6.07) is -1.04. The van der Waals surface area contributed by atoms with E-state index in [4.69, 9.17) is 0 Å². The highest BCUT2D eigenvalue weighted by molar-refractivity contribution is 6.06. The summed E-state index contributed by atoms with van der Waals surface area (Å²) >= 11 is 0. The van der Waals surface area contributed by atoms with E-state index in [0.717, 1.165) is 4.90 Å². The molecule has 1 unspecified atom stereocenters. The number of likely N-dealkylation sites (tertiary alicyclic amines) is 1. The van der Waals surface area contributed by atoms with Crippen LogP contribution in [0, 0.1) is 0 Å². The number of amides is 4. The van der Waals surface area contributed by atoms with Gasteiger partial charge in [0.25, 0.3) is 5.91 Å². The van der Waals surface area contributed by atoms with Gasteiger partial charge in [0.2, 0.25) is 5.91 Å². The van der Waals surface area contributed by atoms with Crippen LogP contribution in [0.2, 0.25) is 0 Å². The molecule has 4 amide bonds. The maximum Gasteiger partial charge on any atom is 0.317 e. The van der Waals surface area contributed by atoms with Crippen LogP contribution < -0.4 is 5.32 Å². The van der Waals surface area contributed by atoms with Crippen molar-refractivity contribution in [3.8, 4) is 0 Å². The SMILES string of the molecule is CCN(C)C(=O)NC1CC(=O)N(C)C1=O.